The van der Waals surface area contributed by atoms with E-state index >= 15 is 0 Å². The van der Waals surface area contributed by atoms with Gasteiger partial charge in [0.25, 0.3) is 15.9 Å². The highest BCUT2D eigenvalue weighted by molar-refractivity contribution is 7.92. The highest BCUT2D eigenvalue weighted by atomic mass is 32.2. The molecule has 0 aliphatic heterocycles. The van der Waals surface area contributed by atoms with E-state index in [-0.39, 0.29) is 27.3 Å². The molecule has 0 saturated carbocycles. The van der Waals surface area contributed by atoms with Crippen LogP contribution in [0.4, 0.5) is 15.8 Å². The lowest BCUT2D eigenvalue weighted by molar-refractivity contribution is 0.0995. The lowest BCUT2D eigenvalue weighted by Crippen LogP contribution is -2.18. The summed E-state index contributed by atoms with van der Waals surface area (Å²) in [4.78, 5) is 24.2. The molecule has 33 heavy (non-hydrogen) atoms. The predicted octanol–water partition coefficient (Wildman–Crippen LogP) is 3.60. The minimum Gasteiger partial charge on any atom is -0.497 e. The fourth-order valence-electron chi connectivity index (χ4n) is 3.03. The maximum absolute atomic E-state index is 14.2. The van der Waals surface area contributed by atoms with Crippen molar-refractivity contribution in [2.24, 2.45) is 5.73 Å². The average molecular weight is 472 g/mol. The van der Waals surface area contributed by atoms with Crippen LogP contribution >= 0.6 is 0 Å². The van der Waals surface area contributed by atoms with Crippen molar-refractivity contribution >= 4 is 33.2 Å². The SMILES string of the molecule is COc1ccc(NS(=O)(=O)c2ccc(C)c(C(=O)Nc3cc(C(N)=O)cc(F)c3C)c2)cc1. The van der Waals surface area contributed by atoms with E-state index in [0.29, 0.717) is 17.0 Å². The molecule has 8 nitrogen and oxygen atoms in total. The van der Waals surface area contributed by atoms with Gasteiger partial charge in [-0.15, -0.1) is 0 Å². The summed E-state index contributed by atoms with van der Waals surface area (Å²) in [6.07, 6.45) is 0. The van der Waals surface area contributed by atoms with Crippen LogP contribution in [0.5, 0.6) is 5.75 Å². The van der Waals surface area contributed by atoms with E-state index in [1.54, 1.807) is 31.2 Å². The van der Waals surface area contributed by atoms with E-state index in [2.05, 4.69) is 10.0 Å². The summed E-state index contributed by atoms with van der Waals surface area (Å²) in [5, 5.41) is 2.53. The molecule has 2 amide bonds. The van der Waals surface area contributed by atoms with Crippen molar-refractivity contribution in [3.05, 3.63) is 82.7 Å². The molecule has 172 valence electrons. The van der Waals surface area contributed by atoms with Crippen LogP contribution in [0.1, 0.15) is 31.8 Å². The Bertz CT molecular complexity index is 1340. The summed E-state index contributed by atoms with van der Waals surface area (Å²) >= 11 is 0. The molecule has 3 rings (SSSR count). The van der Waals surface area contributed by atoms with Gasteiger partial charge in [-0.25, -0.2) is 12.8 Å². The fourth-order valence-corrected chi connectivity index (χ4v) is 4.11. The Hall–Kier alpha value is -3.92. The number of nitrogens with one attached hydrogen (secondary N) is 2. The number of aryl methyl sites for hydroxylation is 1. The first-order valence-corrected chi connectivity index (χ1v) is 11.2. The average Bonchev–Trinajstić information content (AvgIpc) is 2.77. The van der Waals surface area contributed by atoms with Gasteiger partial charge in [-0.3, -0.25) is 14.3 Å². The van der Waals surface area contributed by atoms with Gasteiger partial charge in [-0.2, -0.15) is 0 Å². The molecule has 0 aliphatic rings. The highest BCUT2D eigenvalue weighted by Gasteiger charge is 2.20. The minimum absolute atomic E-state index is 0.0535. The Morgan fingerprint density at radius 1 is 1.00 bits per heavy atom. The molecule has 0 saturated heterocycles. The van der Waals surface area contributed by atoms with Crippen LogP contribution in [-0.4, -0.2) is 27.3 Å². The van der Waals surface area contributed by atoms with E-state index < -0.39 is 27.7 Å². The van der Waals surface area contributed by atoms with Gasteiger partial charge >= 0.3 is 0 Å². The van der Waals surface area contributed by atoms with Gasteiger partial charge < -0.3 is 15.8 Å². The van der Waals surface area contributed by atoms with Crippen LogP contribution in [-0.2, 0) is 10.0 Å². The maximum Gasteiger partial charge on any atom is 0.261 e. The van der Waals surface area contributed by atoms with Gasteiger partial charge in [0.05, 0.1) is 12.0 Å². The number of primary amides is 1. The maximum atomic E-state index is 14.2. The second-order valence-electron chi connectivity index (χ2n) is 7.26. The largest absolute Gasteiger partial charge is 0.497 e. The van der Waals surface area contributed by atoms with E-state index in [1.807, 2.05) is 0 Å². The van der Waals surface area contributed by atoms with Crippen LogP contribution < -0.4 is 20.5 Å². The molecule has 3 aromatic carbocycles. The van der Waals surface area contributed by atoms with Crippen molar-refractivity contribution in [2.75, 3.05) is 17.1 Å². The lowest BCUT2D eigenvalue weighted by atomic mass is 10.1. The number of halogens is 1. The number of carbonyl (C=O) groups is 2. The Morgan fingerprint density at radius 3 is 2.27 bits per heavy atom. The summed E-state index contributed by atoms with van der Waals surface area (Å²) < 4.78 is 47.3. The third-order valence-electron chi connectivity index (χ3n) is 4.98. The smallest absolute Gasteiger partial charge is 0.261 e. The Morgan fingerprint density at radius 2 is 1.67 bits per heavy atom. The molecule has 0 radical (unpaired) electrons. The molecule has 0 bridgehead atoms. The monoisotopic (exact) mass is 471 g/mol. The summed E-state index contributed by atoms with van der Waals surface area (Å²) in [7, 11) is -2.51. The second kappa shape index (κ2) is 9.29. The number of methoxy groups -OCH3 is 1. The van der Waals surface area contributed by atoms with Crippen molar-refractivity contribution in [3.8, 4) is 5.75 Å². The fraction of sp³-hybridized carbons (Fsp3) is 0.130. The van der Waals surface area contributed by atoms with E-state index in [0.717, 1.165) is 6.07 Å². The van der Waals surface area contributed by atoms with Gasteiger partial charge in [-0.1, -0.05) is 6.07 Å². The number of ether oxygens (including phenoxy) is 1. The number of carbonyl (C=O) groups excluding carboxylic acids is 2. The molecule has 0 unspecified atom stereocenters. The molecule has 0 atom stereocenters. The number of hydrogen-bond acceptors (Lipinski definition) is 5. The third kappa shape index (κ3) is 5.29. The number of sulfonamides is 1. The van der Waals surface area contributed by atoms with Gasteiger partial charge in [0.15, 0.2) is 0 Å². The molecule has 0 aromatic heterocycles. The summed E-state index contributed by atoms with van der Waals surface area (Å²) in [5.74, 6) is -1.66. The molecule has 0 spiro atoms. The Kier molecular flexibility index (Phi) is 6.68. The van der Waals surface area contributed by atoms with Gasteiger partial charge in [-0.05, 0) is 67.9 Å². The zero-order chi connectivity index (χ0) is 24.3. The zero-order valence-electron chi connectivity index (χ0n) is 18.1. The molecular formula is C23H22FN3O5S. The number of anilines is 2. The minimum atomic E-state index is -4.00. The predicted molar refractivity (Wildman–Crippen MR) is 123 cm³/mol. The topological polar surface area (TPSA) is 128 Å². The molecule has 3 aromatic rings. The van der Waals surface area contributed by atoms with Gasteiger partial charge in [0, 0.05) is 28.1 Å². The van der Waals surface area contributed by atoms with Crippen LogP contribution in [0, 0.1) is 19.7 Å². The molecular weight excluding hydrogens is 449 g/mol. The van der Waals surface area contributed by atoms with Crippen LogP contribution in [0.25, 0.3) is 0 Å². The van der Waals surface area contributed by atoms with Crippen LogP contribution in [0.15, 0.2) is 59.5 Å². The molecule has 10 heteroatoms. The second-order valence-corrected chi connectivity index (χ2v) is 8.94. The highest BCUT2D eigenvalue weighted by Crippen LogP contribution is 2.24. The number of nitrogens with two attached hydrogens (primary N) is 1. The summed E-state index contributed by atoms with van der Waals surface area (Å²) in [5.41, 5.74) is 6.15. The van der Waals surface area contributed by atoms with Gasteiger partial charge in [0.2, 0.25) is 5.91 Å². The molecule has 0 aliphatic carbocycles. The first kappa shape index (κ1) is 23.7. The van der Waals surface area contributed by atoms with Crippen molar-refractivity contribution in [2.45, 2.75) is 18.7 Å². The van der Waals surface area contributed by atoms with Crippen molar-refractivity contribution in [1.82, 2.24) is 0 Å². The summed E-state index contributed by atoms with van der Waals surface area (Å²) in [6.45, 7) is 3.07. The zero-order valence-corrected chi connectivity index (χ0v) is 18.9. The summed E-state index contributed by atoms with van der Waals surface area (Å²) in [6, 6.07) is 12.6. The van der Waals surface area contributed by atoms with Crippen molar-refractivity contribution in [1.29, 1.82) is 0 Å². The van der Waals surface area contributed by atoms with E-state index in [1.165, 1.54) is 38.3 Å². The quantitative estimate of drug-likeness (QED) is 0.485. The number of rotatable bonds is 7. The Labute approximate surface area is 190 Å². The van der Waals surface area contributed by atoms with E-state index in [4.69, 9.17) is 10.5 Å². The van der Waals surface area contributed by atoms with Crippen LogP contribution in [0.3, 0.4) is 0 Å². The molecule has 4 N–H and O–H groups in total. The molecule has 0 heterocycles. The molecule has 0 fully saturated rings. The van der Waals surface area contributed by atoms with Gasteiger partial charge in [0.1, 0.15) is 11.6 Å². The number of benzene rings is 3. The van der Waals surface area contributed by atoms with Crippen molar-refractivity contribution < 1.29 is 27.1 Å². The first-order chi connectivity index (χ1) is 15.5. The van der Waals surface area contributed by atoms with Crippen LogP contribution in [0.2, 0.25) is 0 Å². The van der Waals surface area contributed by atoms with Crippen molar-refractivity contribution in [3.63, 3.8) is 0 Å². The first-order valence-electron chi connectivity index (χ1n) is 9.70. The number of amides is 2. The standard InChI is InChI=1S/C23H22FN3O5S/c1-13-4-9-18(33(30,31)27-16-5-7-17(32-3)8-6-16)12-19(13)23(29)26-21-11-15(22(25)28)10-20(24)14(21)2/h4-12,27H,1-3H3,(H2,25,28)(H,26,29). The third-order valence-corrected chi connectivity index (χ3v) is 6.36. The Balaban J connectivity index is 1.91. The van der Waals surface area contributed by atoms with E-state index in [9.17, 15) is 22.4 Å². The normalized spacial score (nSPS) is 11.0. The lowest BCUT2D eigenvalue weighted by Gasteiger charge is -2.14. The number of hydrogen-bond donors (Lipinski definition) is 3.